The van der Waals surface area contributed by atoms with Gasteiger partial charge in [0.1, 0.15) is 11.8 Å². The van der Waals surface area contributed by atoms with Crippen molar-refractivity contribution < 1.29 is 14.3 Å². The second-order valence-corrected chi connectivity index (χ2v) is 8.12. The fourth-order valence-corrected chi connectivity index (χ4v) is 3.07. The molecule has 0 bridgehead atoms. The Labute approximate surface area is 181 Å². The van der Waals surface area contributed by atoms with Crippen LogP contribution in [0.5, 0.6) is 5.75 Å². The van der Waals surface area contributed by atoms with Gasteiger partial charge in [-0.3, -0.25) is 9.59 Å². The molecular formula is C20H22BrIN2O3. The Hall–Kier alpha value is -1.61. The van der Waals surface area contributed by atoms with Gasteiger partial charge in [-0.25, -0.2) is 0 Å². The van der Waals surface area contributed by atoms with Gasteiger partial charge in [0.2, 0.25) is 5.91 Å². The molecule has 2 aromatic rings. The van der Waals surface area contributed by atoms with Crippen LogP contribution in [0.15, 0.2) is 53.0 Å². The molecule has 0 aliphatic carbocycles. The monoisotopic (exact) mass is 544 g/mol. The third-order valence-electron chi connectivity index (χ3n) is 3.96. The van der Waals surface area contributed by atoms with Crippen molar-refractivity contribution in [1.29, 1.82) is 0 Å². The van der Waals surface area contributed by atoms with E-state index in [2.05, 4.69) is 43.8 Å². The maximum absolute atomic E-state index is 12.8. The van der Waals surface area contributed by atoms with Gasteiger partial charge in [-0.05, 0) is 78.4 Å². The van der Waals surface area contributed by atoms with E-state index in [1.165, 1.54) is 0 Å². The third-order valence-corrected chi connectivity index (χ3v) is 5.21. The molecule has 0 aromatic heterocycles. The average Bonchev–Trinajstić information content (AvgIpc) is 2.66. The zero-order valence-electron chi connectivity index (χ0n) is 15.2. The molecule has 1 unspecified atom stereocenters. The molecule has 1 atom stereocenters. The van der Waals surface area contributed by atoms with E-state index in [-0.39, 0.29) is 18.4 Å². The second kappa shape index (κ2) is 10.7. The first-order valence-electron chi connectivity index (χ1n) is 8.60. The third kappa shape index (κ3) is 6.80. The summed E-state index contributed by atoms with van der Waals surface area (Å²) < 4.78 is 7.67. The Kier molecular flexibility index (Phi) is 8.56. The first-order chi connectivity index (χ1) is 12.9. The standard InChI is InChI=1S/C20H22BrIN2O3/c1-3-23-20(26)14(2)24(12-15-4-6-16(21)7-5-15)19(25)13-27-18-10-8-17(22)9-11-18/h4-11,14H,3,12-13H2,1-2H3,(H,23,26). The Bertz CT molecular complexity index is 766. The van der Waals surface area contributed by atoms with E-state index >= 15 is 0 Å². The lowest BCUT2D eigenvalue weighted by molar-refractivity contribution is -0.142. The lowest BCUT2D eigenvalue weighted by atomic mass is 10.1. The summed E-state index contributed by atoms with van der Waals surface area (Å²) in [6.07, 6.45) is 0. The number of hydrogen-bond acceptors (Lipinski definition) is 3. The van der Waals surface area contributed by atoms with Crippen LogP contribution in [0.2, 0.25) is 0 Å². The Morgan fingerprint density at radius 3 is 2.37 bits per heavy atom. The van der Waals surface area contributed by atoms with Gasteiger partial charge in [-0.15, -0.1) is 0 Å². The van der Waals surface area contributed by atoms with Crippen molar-refractivity contribution in [3.05, 3.63) is 62.1 Å². The highest BCUT2D eigenvalue weighted by atomic mass is 127. The van der Waals surface area contributed by atoms with Gasteiger partial charge in [0.05, 0.1) is 0 Å². The molecule has 0 aliphatic heterocycles. The molecule has 27 heavy (non-hydrogen) atoms. The van der Waals surface area contributed by atoms with Gasteiger partial charge in [-0.2, -0.15) is 0 Å². The van der Waals surface area contributed by atoms with Crippen LogP contribution >= 0.6 is 38.5 Å². The Morgan fingerprint density at radius 2 is 1.78 bits per heavy atom. The van der Waals surface area contributed by atoms with Crippen molar-refractivity contribution in [2.75, 3.05) is 13.2 Å². The van der Waals surface area contributed by atoms with Gasteiger partial charge in [-0.1, -0.05) is 28.1 Å². The van der Waals surface area contributed by atoms with Crippen molar-refractivity contribution >= 4 is 50.3 Å². The largest absolute Gasteiger partial charge is 0.484 e. The molecule has 2 amide bonds. The van der Waals surface area contributed by atoms with Crippen molar-refractivity contribution in [2.24, 2.45) is 0 Å². The maximum atomic E-state index is 12.8. The number of carbonyl (C=O) groups excluding carboxylic acids is 2. The first-order valence-corrected chi connectivity index (χ1v) is 10.5. The first kappa shape index (κ1) is 21.7. The predicted molar refractivity (Wildman–Crippen MR) is 117 cm³/mol. The number of halogens is 2. The topological polar surface area (TPSA) is 58.6 Å². The summed E-state index contributed by atoms with van der Waals surface area (Å²) in [7, 11) is 0. The van der Waals surface area contributed by atoms with Gasteiger partial charge in [0.25, 0.3) is 5.91 Å². The number of benzene rings is 2. The highest BCUT2D eigenvalue weighted by Crippen LogP contribution is 2.16. The minimum absolute atomic E-state index is 0.124. The van der Waals surface area contributed by atoms with Gasteiger partial charge < -0.3 is 15.0 Å². The molecule has 0 saturated carbocycles. The van der Waals surface area contributed by atoms with Crippen molar-refractivity contribution in [3.63, 3.8) is 0 Å². The van der Waals surface area contributed by atoms with Crippen LogP contribution in [0, 0.1) is 3.57 Å². The number of rotatable bonds is 8. The molecule has 0 saturated heterocycles. The van der Waals surface area contributed by atoms with E-state index in [0.29, 0.717) is 18.8 Å². The number of nitrogens with zero attached hydrogens (tertiary/aromatic N) is 1. The molecule has 144 valence electrons. The molecule has 2 aromatic carbocycles. The summed E-state index contributed by atoms with van der Waals surface area (Å²) in [5, 5.41) is 2.77. The van der Waals surface area contributed by atoms with E-state index in [9.17, 15) is 9.59 Å². The van der Waals surface area contributed by atoms with Gasteiger partial charge in [0, 0.05) is 21.1 Å². The average molecular weight is 545 g/mol. The number of amides is 2. The molecule has 5 nitrogen and oxygen atoms in total. The summed E-state index contributed by atoms with van der Waals surface area (Å²) in [5.74, 6) is 0.200. The minimum Gasteiger partial charge on any atom is -0.484 e. The molecule has 0 fully saturated rings. The summed E-state index contributed by atoms with van der Waals surface area (Å²) in [4.78, 5) is 26.6. The number of likely N-dealkylation sites (N-methyl/N-ethyl adjacent to an activating group) is 1. The van der Waals surface area contributed by atoms with E-state index in [1.54, 1.807) is 11.8 Å². The quantitative estimate of drug-likeness (QED) is 0.511. The summed E-state index contributed by atoms with van der Waals surface area (Å²) in [6, 6.07) is 14.6. The van der Waals surface area contributed by atoms with Crippen LogP contribution in [-0.2, 0) is 16.1 Å². The van der Waals surface area contributed by atoms with Crippen LogP contribution < -0.4 is 10.1 Å². The minimum atomic E-state index is -0.596. The normalized spacial score (nSPS) is 11.6. The van der Waals surface area contributed by atoms with Crippen LogP contribution in [0.3, 0.4) is 0 Å². The molecule has 7 heteroatoms. The van der Waals surface area contributed by atoms with Crippen LogP contribution in [0.4, 0.5) is 0 Å². The second-order valence-electron chi connectivity index (χ2n) is 5.96. The molecule has 0 heterocycles. The van der Waals surface area contributed by atoms with E-state index < -0.39 is 6.04 Å². The summed E-state index contributed by atoms with van der Waals surface area (Å²) >= 11 is 5.61. The molecule has 1 N–H and O–H groups in total. The van der Waals surface area contributed by atoms with Crippen LogP contribution in [0.1, 0.15) is 19.4 Å². The fourth-order valence-electron chi connectivity index (χ4n) is 2.45. The highest BCUT2D eigenvalue weighted by molar-refractivity contribution is 14.1. The number of carbonyl (C=O) groups is 2. The smallest absolute Gasteiger partial charge is 0.261 e. The predicted octanol–water partition coefficient (Wildman–Crippen LogP) is 3.99. The molecule has 0 aliphatic rings. The maximum Gasteiger partial charge on any atom is 0.261 e. The van der Waals surface area contributed by atoms with Gasteiger partial charge in [0.15, 0.2) is 6.61 Å². The van der Waals surface area contributed by atoms with Crippen molar-refractivity contribution in [2.45, 2.75) is 26.4 Å². The van der Waals surface area contributed by atoms with E-state index in [4.69, 9.17) is 4.74 Å². The SMILES string of the molecule is CCNC(=O)C(C)N(Cc1ccc(Br)cc1)C(=O)COc1ccc(I)cc1. The summed E-state index contributed by atoms with van der Waals surface area (Å²) in [6.45, 7) is 4.31. The van der Waals surface area contributed by atoms with E-state index in [0.717, 1.165) is 13.6 Å². The molecular weight excluding hydrogens is 523 g/mol. The fraction of sp³-hybridized carbons (Fsp3) is 0.300. The van der Waals surface area contributed by atoms with E-state index in [1.807, 2.05) is 55.5 Å². The van der Waals surface area contributed by atoms with Crippen LogP contribution in [0.25, 0.3) is 0 Å². The van der Waals surface area contributed by atoms with Crippen molar-refractivity contribution in [1.82, 2.24) is 10.2 Å². The molecule has 0 radical (unpaired) electrons. The van der Waals surface area contributed by atoms with Crippen LogP contribution in [-0.4, -0.2) is 35.9 Å². The summed E-state index contributed by atoms with van der Waals surface area (Å²) in [5.41, 5.74) is 0.942. The number of nitrogens with one attached hydrogen (secondary N) is 1. The Balaban J connectivity index is 2.11. The molecule has 0 spiro atoms. The van der Waals surface area contributed by atoms with Gasteiger partial charge >= 0.3 is 0 Å². The Morgan fingerprint density at radius 1 is 1.15 bits per heavy atom. The van der Waals surface area contributed by atoms with Crippen molar-refractivity contribution in [3.8, 4) is 5.75 Å². The lowest BCUT2D eigenvalue weighted by Crippen LogP contribution is -2.49. The zero-order valence-corrected chi connectivity index (χ0v) is 19.0. The molecule has 2 rings (SSSR count). The number of hydrogen-bond donors (Lipinski definition) is 1. The zero-order chi connectivity index (χ0) is 19.8. The number of ether oxygens (including phenoxy) is 1. The highest BCUT2D eigenvalue weighted by Gasteiger charge is 2.26. The lowest BCUT2D eigenvalue weighted by Gasteiger charge is -2.28.